The van der Waals surface area contributed by atoms with Crippen LogP contribution < -0.4 is 5.32 Å². The number of hydrogen-bond donors (Lipinski definition) is 1. The molecule has 0 radical (unpaired) electrons. The average Bonchev–Trinajstić information content (AvgIpc) is 3.14. The van der Waals surface area contributed by atoms with E-state index in [0.717, 1.165) is 10.2 Å². The molecule has 1 heterocycles. The van der Waals surface area contributed by atoms with Crippen LogP contribution >= 0.6 is 15.9 Å². The first-order chi connectivity index (χ1) is 12.1. The molecule has 126 valence electrons. The van der Waals surface area contributed by atoms with Crippen molar-refractivity contribution in [2.75, 3.05) is 11.9 Å². The van der Waals surface area contributed by atoms with E-state index >= 15 is 0 Å². The van der Waals surface area contributed by atoms with Crippen molar-refractivity contribution >= 4 is 33.5 Å². The molecule has 0 fully saturated rings. The molecule has 0 saturated carbocycles. The number of nitrogens with one attached hydrogen (secondary N) is 1. The van der Waals surface area contributed by atoms with Gasteiger partial charge < -0.3 is 10.1 Å². The van der Waals surface area contributed by atoms with E-state index in [1.165, 1.54) is 6.33 Å². The number of rotatable bonds is 5. The normalized spacial score (nSPS) is 10.3. The number of carbonyl (C=O) groups excluding carboxylic acids is 2. The minimum Gasteiger partial charge on any atom is -0.452 e. The molecule has 8 heteroatoms. The van der Waals surface area contributed by atoms with Gasteiger partial charge in [0.25, 0.3) is 5.91 Å². The Kier molecular flexibility index (Phi) is 5.20. The Morgan fingerprint density at radius 2 is 1.96 bits per heavy atom. The van der Waals surface area contributed by atoms with Crippen LogP contribution in [-0.4, -0.2) is 33.2 Å². The number of halogens is 1. The molecule has 2 aromatic carbocycles. The van der Waals surface area contributed by atoms with Gasteiger partial charge in [0.2, 0.25) is 0 Å². The van der Waals surface area contributed by atoms with Crippen LogP contribution in [0.1, 0.15) is 10.4 Å². The maximum absolute atomic E-state index is 12.0. The summed E-state index contributed by atoms with van der Waals surface area (Å²) in [6.07, 6.45) is 2.98. The Morgan fingerprint density at radius 3 is 2.64 bits per heavy atom. The van der Waals surface area contributed by atoms with Gasteiger partial charge in [-0.15, -0.1) is 0 Å². The minimum atomic E-state index is -0.575. The van der Waals surface area contributed by atoms with E-state index in [0.29, 0.717) is 11.3 Å². The van der Waals surface area contributed by atoms with Gasteiger partial charge >= 0.3 is 5.97 Å². The highest BCUT2D eigenvalue weighted by Gasteiger charge is 2.11. The fourth-order valence-electron chi connectivity index (χ4n) is 2.07. The van der Waals surface area contributed by atoms with Gasteiger partial charge in [-0.25, -0.2) is 14.5 Å². The van der Waals surface area contributed by atoms with Crippen molar-refractivity contribution in [3.05, 3.63) is 71.2 Å². The Morgan fingerprint density at radius 1 is 1.16 bits per heavy atom. The molecule has 1 N–H and O–H groups in total. The number of hydrogen-bond acceptors (Lipinski definition) is 5. The smallest absolute Gasteiger partial charge is 0.338 e. The number of nitrogens with zero attached hydrogens (tertiary/aromatic N) is 3. The van der Waals surface area contributed by atoms with Crippen molar-refractivity contribution in [1.82, 2.24) is 14.8 Å². The summed E-state index contributed by atoms with van der Waals surface area (Å²) >= 11 is 3.32. The number of esters is 1. The molecule has 3 rings (SSSR count). The summed E-state index contributed by atoms with van der Waals surface area (Å²) in [5, 5.41) is 6.65. The standard InChI is InChI=1S/C17H13BrN4O3/c18-13-2-1-3-14(8-13)21-16(23)9-25-17(24)12-4-6-15(7-5-12)22-11-19-10-20-22/h1-8,10-11H,9H2,(H,21,23). The largest absolute Gasteiger partial charge is 0.452 e. The highest BCUT2D eigenvalue weighted by Crippen LogP contribution is 2.15. The average molecular weight is 401 g/mol. The van der Waals surface area contributed by atoms with E-state index in [9.17, 15) is 9.59 Å². The lowest BCUT2D eigenvalue weighted by Crippen LogP contribution is -2.20. The molecule has 0 bridgehead atoms. The zero-order chi connectivity index (χ0) is 17.6. The van der Waals surface area contributed by atoms with Crippen molar-refractivity contribution in [2.45, 2.75) is 0 Å². The van der Waals surface area contributed by atoms with Crippen LogP contribution in [0.15, 0.2) is 65.7 Å². The fraction of sp³-hybridized carbons (Fsp3) is 0.0588. The quantitative estimate of drug-likeness (QED) is 0.665. The van der Waals surface area contributed by atoms with Crippen LogP contribution in [0.25, 0.3) is 5.69 Å². The van der Waals surface area contributed by atoms with E-state index in [1.807, 2.05) is 6.07 Å². The van der Waals surface area contributed by atoms with Crippen molar-refractivity contribution in [1.29, 1.82) is 0 Å². The van der Waals surface area contributed by atoms with Crippen LogP contribution in [0.4, 0.5) is 5.69 Å². The van der Waals surface area contributed by atoms with E-state index in [4.69, 9.17) is 4.74 Å². The molecule has 1 aromatic heterocycles. The summed E-state index contributed by atoms with van der Waals surface area (Å²) in [6, 6.07) is 13.8. The zero-order valence-electron chi connectivity index (χ0n) is 12.9. The number of aromatic nitrogens is 3. The topological polar surface area (TPSA) is 86.1 Å². The molecule has 0 spiro atoms. The Labute approximate surface area is 151 Å². The van der Waals surface area contributed by atoms with Crippen molar-refractivity contribution in [2.24, 2.45) is 0 Å². The molecule has 25 heavy (non-hydrogen) atoms. The van der Waals surface area contributed by atoms with Crippen LogP contribution in [0, 0.1) is 0 Å². The third-order valence-corrected chi connectivity index (χ3v) is 3.72. The summed E-state index contributed by atoms with van der Waals surface area (Å²) in [5.41, 5.74) is 1.73. The van der Waals surface area contributed by atoms with Crippen LogP contribution in [0.3, 0.4) is 0 Å². The molecular weight excluding hydrogens is 388 g/mol. The lowest BCUT2D eigenvalue weighted by Gasteiger charge is -2.07. The Hall–Kier alpha value is -3.00. The number of carbonyl (C=O) groups is 2. The monoisotopic (exact) mass is 400 g/mol. The number of amides is 1. The van der Waals surface area contributed by atoms with Gasteiger partial charge in [-0.3, -0.25) is 4.79 Å². The Bertz CT molecular complexity index is 879. The number of ether oxygens (including phenoxy) is 1. The molecule has 7 nitrogen and oxygen atoms in total. The first-order valence-corrected chi connectivity index (χ1v) is 8.09. The van der Waals surface area contributed by atoms with Crippen molar-refractivity contribution in [3.63, 3.8) is 0 Å². The molecule has 0 aliphatic heterocycles. The maximum Gasteiger partial charge on any atom is 0.338 e. The van der Waals surface area contributed by atoms with Gasteiger partial charge in [0.1, 0.15) is 12.7 Å². The summed E-state index contributed by atoms with van der Waals surface area (Å²) in [5.74, 6) is -0.986. The molecular formula is C17H13BrN4O3. The predicted molar refractivity (Wildman–Crippen MR) is 94.4 cm³/mol. The first-order valence-electron chi connectivity index (χ1n) is 7.29. The molecule has 0 atom stereocenters. The van der Waals surface area contributed by atoms with Gasteiger partial charge in [-0.2, -0.15) is 5.10 Å². The molecule has 0 unspecified atom stereocenters. The maximum atomic E-state index is 12.0. The number of anilines is 1. The lowest BCUT2D eigenvalue weighted by molar-refractivity contribution is -0.119. The van der Waals surface area contributed by atoms with E-state index < -0.39 is 11.9 Å². The Balaban J connectivity index is 1.54. The van der Waals surface area contributed by atoms with E-state index in [2.05, 4.69) is 31.3 Å². The highest BCUT2D eigenvalue weighted by molar-refractivity contribution is 9.10. The zero-order valence-corrected chi connectivity index (χ0v) is 14.5. The summed E-state index contributed by atoms with van der Waals surface area (Å²) in [7, 11) is 0. The van der Waals surface area contributed by atoms with Gasteiger partial charge in [-0.05, 0) is 42.5 Å². The lowest BCUT2D eigenvalue weighted by atomic mass is 10.2. The van der Waals surface area contributed by atoms with E-state index in [-0.39, 0.29) is 6.61 Å². The SMILES string of the molecule is O=C(COC(=O)c1ccc(-n2cncn2)cc1)Nc1cccc(Br)c1. The van der Waals surface area contributed by atoms with Gasteiger partial charge in [0.05, 0.1) is 11.3 Å². The number of benzene rings is 2. The minimum absolute atomic E-state index is 0.346. The third-order valence-electron chi connectivity index (χ3n) is 3.23. The molecule has 0 saturated heterocycles. The van der Waals surface area contributed by atoms with Gasteiger partial charge in [-0.1, -0.05) is 22.0 Å². The van der Waals surface area contributed by atoms with Gasteiger partial charge in [0, 0.05) is 10.2 Å². The summed E-state index contributed by atoms with van der Waals surface area (Å²) < 4.78 is 7.44. The van der Waals surface area contributed by atoms with Gasteiger partial charge in [0.15, 0.2) is 6.61 Å². The van der Waals surface area contributed by atoms with Crippen LogP contribution in [-0.2, 0) is 9.53 Å². The first kappa shape index (κ1) is 16.8. The third kappa shape index (κ3) is 4.51. The van der Waals surface area contributed by atoms with Crippen molar-refractivity contribution in [3.8, 4) is 5.69 Å². The van der Waals surface area contributed by atoms with Crippen LogP contribution in [0.2, 0.25) is 0 Å². The predicted octanol–water partition coefficient (Wildman–Crippen LogP) is 2.83. The summed E-state index contributed by atoms with van der Waals surface area (Å²) in [4.78, 5) is 27.7. The molecule has 0 aliphatic carbocycles. The fourth-order valence-corrected chi connectivity index (χ4v) is 2.47. The molecule has 1 amide bonds. The molecule has 3 aromatic rings. The second kappa shape index (κ2) is 7.71. The van der Waals surface area contributed by atoms with Crippen LogP contribution in [0.5, 0.6) is 0 Å². The summed E-state index contributed by atoms with van der Waals surface area (Å²) in [6.45, 7) is -0.365. The van der Waals surface area contributed by atoms with Crippen molar-refractivity contribution < 1.29 is 14.3 Å². The van der Waals surface area contributed by atoms with E-state index in [1.54, 1.807) is 53.5 Å². The second-order valence-electron chi connectivity index (χ2n) is 5.02. The molecule has 0 aliphatic rings. The highest BCUT2D eigenvalue weighted by atomic mass is 79.9. The second-order valence-corrected chi connectivity index (χ2v) is 5.94.